The van der Waals surface area contributed by atoms with Gasteiger partial charge in [0.2, 0.25) is 0 Å². The Morgan fingerprint density at radius 3 is 2.05 bits per heavy atom. The van der Waals surface area contributed by atoms with Crippen LogP contribution < -0.4 is 0 Å². The molecule has 2 N–H and O–H groups in total. The van der Waals surface area contributed by atoms with Crippen molar-refractivity contribution in [3.63, 3.8) is 0 Å². The number of rotatable bonds is 3. The zero-order valence-electron chi connectivity index (χ0n) is 10.9. The lowest BCUT2D eigenvalue weighted by molar-refractivity contribution is -0.149. The van der Waals surface area contributed by atoms with Gasteiger partial charge in [0.1, 0.15) is 5.82 Å². The van der Waals surface area contributed by atoms with Gasteiger partial charge in [0, 0.05) is 5.56 Å². The van der Waals surface area contributed by atoms with Gasteiger partial charge in [0.15, 0.2) is 6.10 Å². The van der Waals surface area contributed by atoms with Gasteiger partial charge < -0.3 is 10.2 Å². The quantitative estimate of drug-likeness (QED) is 0.851. The summed E-state index contributed by atoms with van der Waals surface area (Å²) >= 11 is 0. The molecule has 0 aromatic heterocycles. The van der Waals surface area contributed by atoms with Crippen molar-refractivity contribution in [3.05, 3.63) is 59.4 Å². The lowest BCUT2D eigenvalue weighted by Gasteiger charge is -2.16. The highest BCUT2D eigenvalue weighted by Gasteiger charge is 2.36. The predicted molar refractivity (Wildman–Crippen MR) is 69.4 cm³/mol. The summed E-state index contributed by atoms with van der Waals surface area (Å²) in [5.41, 5.74) is -1.35. The first-order chi connectivity index (χ1) is 10.2. The summed E-state index contributed by atoms with van der Waals surface area (Å²) in [4.78, 5) is 10.8. The van der Waals surface area contributed by atoms with Crippen LogP contribution in [0.2, 0.25) is 0 Å². The van der Waals surface area contributed by atoms with Crippen molar-refractivity contribution in [3.8, 4) is 11.1 Å². The van der Waals surface area contributed by atoms with Crippen LogP contribution in [0.5, 0.6) is 0 Å². The number of benzene rings is 2. The van der Waals surface area contributed by atoms with Crippen LogP contribution in [0.3, 0.4) is 0 Å². The number of alkyl halides is 3. The number of halogens is 4. The monoisotopic (exact) mass is 314 g/mol. The molecule has 0 heterocycles. The molecule has 0 amide bonds. The Morgan fingerprint density at radius 2 is 1.55 bits per heavy atom. The van der Waals surface area contributed by atoms with Gasteiger partial charge in [0.25, 0.3) is 0 Å². The second kappa shape index (κ2) is 5.76. The Bertz CT molecular complexity index is 693. The molecule has 0 aliphatic heterocycles. The van der Waals surface area contributed by atoms with Crippen molar-refractivity contribution in [1.82, 2.24) is 0 Å². The van der Waals surface area contributed by atoms with Crippen LogP contribution in [0.25, 0.3) is 11.1 Å². The number of hydrogen-bond acceptors (Lipinski definition) is 2. The summed E-state index contributed by atoms with van der Waals surface area (Å²) < 4.78 is 51.6. The lowest BCUT2D eigenvalue weighted by atomic mass is 9.95. The van der Waals surface area contributed by atoms with Gasteiger partial charge >= 0.3 is 12.1 Å². The van der Waals surface area contributed by atoms with E-state index in [4.69, 9.17) is 5.11 Å². The molecular formula is C15H10F4O3. The van der Waals surface area contributed by atoms with Crippen LogP contribution >= 0.6 is 0 Å². The summed E-state index contributed by atoms with van der Waals surface area (Å²) in [6.45, 7) is 0. The first-order valence-electron chi connectivity index (χ1n) is 6.08. The van der Waals surface area contributed by atoms with E-state index in [1.807, 2.05) is 0 Å². The van der Waals surface area contributed by atoms with Crippen molar-refractivity contribution in [2.45, 2.75) is 12.3 Å². The normalized spacial score (nSPS) is 13.0. The summed E-state index contributed by atoms with van der Waals surface area (Å²) in [5.74, 6) is -2.30. The molecule has 0 radical (unpaired) electrons. The summed E-state index contributed by atoms with van der Waals surface area (Å²) in [6.07, 6.45) is -7.11. The van der Waals surface area contributed by atoms with E-state index in [9.17, 15) is 27.5 Å². The Labute approximate surface area is 122 Å². The number of carboxylic acid groups (broad SMARTS) is 1. The number of hydrogen-bond donors (Lipinski definition) is 2. The van der Waals surface area contributed by atoms with Crippen molar-refractivity contribution < 1.29 is 32.6 Å². The molecule has 0 saturated heterocycles. The molecule has 0 spiro atoms. The minimum Gasteiger partial charge on any atom is -0.479 e. The fourth-order valence-electron chi connectivity index (χ4n) is 2.00. The Hall–Kier alpha value is -2.41. The number of carboxylic acids is 1. The predicted octanol–water partition coefficient (Wildman–Crippen LogP) is 3.63. The second-order valence-corrected chi connectivity index (χ2v) is 4.55. The van der Waals surface area contributed by atoms with E-state index in [-0.39, 0.29) is 5.56 Å². The lowest BCUT2D eigenvalue weighted by Crippen LogP contribution is -2.17. The highest BCUT2D eigenvalue weighted by atomic mass is 19.4. The molecule has 0 saturated carbocycles. The first kappa shape index (κ1) is 16.0. The maximum Gasteiger partial charge on any atom is 0.416 e. The van der Waals surface area contributed by atoms with Crippen molar-refractivity contribution in [1.29, 1.82) is 0 Å². The van der Waals surface area contributed by atoms with Gasteiger partial charge in [-0.1, -0.05) is 18.2 Å². The fraction of sp³-hybridized carbons (Fsp3) is 0.133. The van der Waals surface area contributed by atoms with Crippen LogP contribution in [0.15, 0.2) is 42.5 Å². The molecule has 3 nitrogen and oxygen atoms in total. The van der Waals surface area contributed by atoms with Gasteiger partial charge in [-0.3, -0.25) is 0 Å². The molecule has 7 heteroatoms. The highest BCUT2D eigenvalue weighted by Crippen LogP contribution is 2.37. The molecule has 0 aliphatic rings. The maximum absolute atomic E-state index is 12.9. The molecule has 116 valence electrons. The van der Waals surface area contributed by atoms with E-state index in [1.165, 1.54) is 12.1 Å². The van der Waals surface area contributed by atoms with Crippen LogP contribution in [-0.4, -0.2) is 16.2 Å². The number of aliphatic carboxylic acids is 1. The van der Waals surface area contributed by atoms with Gasteiger partial charge in [0.05, 0.1) is 5.56 Å². The molecule has 2 rings (SSSR count). The molecule has 22 heavy (non-hydrogen) atoms. The average Bonchev–Trinajstić information content (AvgIpc) is 2.45. The Kier molecular flexibility index (Phi) is 4.18. The molecule has 0 fully saturated rings. The largest absolute Gasteiger partial charge is 0.479 e. The van der Waals surface area contributed by atoms with E-state index in [1.54, 1.807) is 0 Å². The zero-order chi connectivity index (χ0) is 16.5. The third-order valence-electron chi connectivity index (χ3n) is 3.06. The van der Waals surface area contributed by atoms with Gasteiger partial charge in [-0.15, -0.1) is 0 Å². The maximum atomic E-state index is 12.9. The average molecular weight is 314 g/mol. The van der Waals surface area contributed by atoms with E-state index in [0.717, 1.165) is 24.3 Å². The van der Waals surface area contributed by atoms with Crippen molar-refractivity contribution in [2.24, 2.45) is 0 Å². The smallest absolute Gasteiger partial charge is 0.416 e. The van der Waals surface area contributed by atoms with E-state index < -0.39 is 35.2 Å². The summed E-state index contributed by atoms with van der Waals surface area (Å²) in [6, 6.07) is 7.70. The SMILES string of the molecule is O=C(O)C(O)c1cc(-c2ccc(F)cc2)ccc1C(F)(F)F. The van der Waals surface area contributed by atoms with Gasteiger partial charge in [-0.05, 0) is 35.4 Å². The summed E-state index contributed by atoms with van der Waals surface area (Å²) in [5, 5.41) is 18.3. The van der Waals surface area contributed by atoms with Crippen LogP contribution in [0.4, 0.5) is 17.6 Å². The topological polar surface area (TPSA) is 57.5 Å². The molecular weight excluding hydrogens is 304 g/mol. The van der Waals surface area contributed by atoms with E-state index in [0.29, 0.717) is 11.6 Å². The molecule has 0 aliphatic carbocycles. The number of carbonyl (C=O) groups is 1. The molecule has 2 aromatic rings. The number of aliphatic hydroxyl groups excluding tert-OH is 1. The Morgan fingerprint density at radius 1 is 1.00 bits per heavy atom. The van der Waals surface area contributed by atoms with Crippen molar-refractivity contribution in [2.75, 3.05) is 0 Å². The van der Waals surface area contributed by atoms with Crippen molar-refractivity contribution >= 4 is 5.97 Å². The molecule has 2 aromatic carbocycles. The molecule has 1 atom stereocenters. The van der Waals surface area contributed by atoms with E-state index >= 15 is 0 Å². The van der Waals surface area contributed by atoms with Crippen LogP contribution in [-0.2, 0) is 11.0 Å². The van der Waals surface area contributed by atoms with Crippen LogP contribution in [0, 0.1) is 5.82 Å². The third-order valence-corrected chi connectivity index (χ3v) is 3.06. The Balaban J connectivity index is 2.58. The van der Waals surface area contributed by atoms with Crippen LogP contribution in [0.1, 0.15) is 17.2 Å². The molecule has 0 bridgehead atoms. The molecule has 1 unspecified atom stereocenters. The highest BCUT2D eigenvalue weighted by molar-refractivity contribution is 5.76. The second-order valence-electron chi connectivity index (χ2n) is 4.55. The number of aliphatic hydroxyl groups is 1. The van der Waals surface area contributed by atoms with Gasteiger partial charge in [-0.25, -0.2) is 9.18 Å². The minimum atomic E-state index is -4.80. The third kappa shape index (κ3) is 3.25. The summed E-state index contributed by atoms with van der Waals surface area (Å²) in [7, 11) is 0. The van der Waals surface area contributed by atoms with Gasteiger partial charge in [-0.2, -0.15) is 13.2 Å². The standard InChI is InChI=1S/C15H10F4O3/c16-10-4-1-8(2-5-10)9-3-6-12(15(17,18)19)11(7-9)13(20)14(21)22/h1-7,13,20H,(H,21,22). The van der Waals surface area contributed by atoms with E-state index in [2.05, 4.69) is 0 Å². The first-order valence-corrected chi connectivity index (χ1v) is 6.08. The zero-order valence-corrected chi connectivity index (χ0v) is 10.9. The minimum absolute atomic E-state index is 0.239. The fourth-order valence-corrected chi connectivity index (χ4v) is 2.00.